The first kappa shape index (κ1) is 20.0. The average Bonchev–Trinajstić information content (AvgIpc) is 3.22. The van der Waals surface area contributed by atoms with Crippen LogP contribution in [-0.2, 0) is 11.3 Å². The fourth-order valence-electron chi connectivity index (χ4n) is 3.10. The molecule has 4 rings (SSSR count). The number of carbonyl (C=O) groups is 1. The Morgan fingerprint density at radius 2 is 1.77 bits per heavy atom. The summed E-state index contributed by atoms with van der Waals surface area (Å²) in [6.45, 7) is 3.66. The van der Waals surface area contributed by atoms with Crippen LogP contribution >= 0.6 is 11.6 Å². The minimum absolute atomic E-state index is 0.239. The van der Waals surface area contributed by atoms with E-state index in [0.29, 0.717) is 22.2 Å². The molecule has 0 saturated heterocycles. The van der Waals surface area contributed by atoms with Crippen LogP contribution in [0.2, 0.25) is 5.02 Å². The van der Waals surface area contributed by atoms with Crippen molar-refractivity contribution in [1.82, 2.24) is 10.5 Å². The SMILES string of the molecule is CC(C)(Oc1ccc(Cl)cc1)C(=O)NCc1cc(-c2ccc3ccccc3c2)on1. The number of halogens is 1. The van der Waals surface area contributed by atoms with E-state index in [1.807, 2.05) is 30.3 Å². The monoisotopic (exact) mass is 420 g/mol. The number of carbonyl (C=O) groups excluding carboxylic acids is 1. The zero-order chi connectivity index (χ0) is 21.1. The van der Waals surface area contributed by atoms with Crippen molar-refractivity contribution in [2.75, 3.05) is 0 Å². The molecule has 0 atom stereocenters. The summed E-state index contributed by atoms with van der Waals surface area (Å²) >= 11 is 5.89. The second kappa shape index (κ2) is 8.20. The van der Waals surface area contributed by atoms with Gasteiger partial charge < -0.3 is 14.6 Å². The Bertz CT molecular complexity index is 1180. The minimum atomic E-state index is -1.06. The number of hydrogen-bond donors (Lipinski definition) is 1. The second-order valence-corrected chi connectivity index (χ2v) is 7.93. The van der Waals surface area contributed by atoms with E-state index in [1.54, 1.807) is 38.1 Å². The maximum absolute atomic E-state index is 12.6. The van der Waals surface area contributed by atoms with E-state index in [-0.39, 0.29) is 12.5 Å². The van der Waals surface area contributed by atoms with Crippen molar-refractivity contribution in [3.05, 3.63) is 83.5 Å². The molecule has 30 heavy (non-hydrogen) atoms. The van der Waals surface area contributed by atoms with Gasteiger partial charge in [0.15, 0.2) is 11.4 Å². The number of aromatic nitrogens is 1. The summed E-state index contributed by atoms with van der Waals surface area (Å²) < 4.78 is 11.3. The smallest absolute Gasteiger partial charge is 0.263 e. The molecule has 1 amide bonds. The van der Waals surface area contributed by atoms with E-state index in [2.05, 4.69) is 28.7 Å². The largest absolute Gasteiger partial charge is 0.478 e. The first-order valence-corrected chi connectivity index (χ1v) is 9.96. The van der Waals surface area contributed by atoms with Crippen molar-refractivity contribution >= 4 is 28.3 Å². The molecule has 0 saturated carbocycles. The highest BCUT2D eigenvalue weighted by molar-refractivity contribution is 6.30. The Balaban J connectivity index is 1.40. The number of rotatable bonds is 6. The molecule has 1 aromatic heterocycles. The number of amides is 1. The van der Waals surface area contributed by atoms with Gasteiger partial charge in [0.05, 0.1) is 6.54 Å². The third-order valence-corrected chi connectivity index (χ3v) is 5.01. The summed E-state index contributed by atoms with van der Waals surface area (Å²) in [5.74, 6) is 0.967. The quantitative estimate of drug-likeness (QED) is 0.439. The van der Waals surface area contributed by atoms with Crippen LogP contribution in [-0.4, -0.2) is 16.7 Å². The molecule has 0 spiro atoms. The van der Waals surface area contributed by atoms with Crippen molar-refractivity contribution in [2.24, 2.45) is 0 Å². The van der Waals surface area contributed by atoms with Crippen LogP contribution < -0.4 is 10.1 Å². The molecule has 4 aromatic rings. The summed E-state index contributed by atoms with van der Waals surface area (Å²) in [7, 11) is 0. The average molecular weight is 421 g/mol. The van der Waals surface area contributed by atoms with Crippen molar-refractivity contribution in [2.45, 2.75) is 26.0 Å². The van der Waals surface area contributed by atoms with E-state index in [1.165, 1.54) is 0 Å². The van der Waals surface area contributed by atoms with Crippen LogP contribution in [0.15, 0.2) is 77.3 Å². The molecule has 0 unspecified atom stereocenters. The maximum atomic E-state index is 12.6. The standard InChI is InChI=1S/C24H21ClN2O3/c1-24(2,29-21-11-9-19(25)10-12-21)23(28)26-15-20-14-22(30-27-20)18-8-7-16-5-3-4-6-17(16)13-18/h3-14H,15H2,1-2H3,(H,26,28). The molecular formula is C24H21ClN2O3. The summed E-state index contributed by atoms with van der Waals surface area (Å²) in [4.78, 5) is 12.6. The molecule has 5 nitrogen and oxygen atoms in total. The molecular weight excluding hydrogens is 400 g/mol. The van der Waals surface area contributed by atoms with Gasteiger partial charge in [-0.15, -0.1) is 0 Å². The van der Waals surface area contributed by atoms with Crippen molar-refractivity contribution < 1.29 is 14.1 Å². The van der Waals surface area contributed by atoms with Gasteiger partial charge in [0.1, 0.15) is 11.4 Å². The lowest BCUT2D eigenvalue weighted by molar-refractivity contribution is -0.134. The lowest BCUT2D eigenvalue weighted by Crippen LogP contribution is -2.46. The van der Waals surface area contributed by atoms with Gasteiger partial charge in [-0.3, -0.25) is 4.79 Å². The van der Waals surface area contributed by atoms with Gasteiger partial charge in [-0.2, -0.15) is 0 Å². The number of nitrogens with one attached hydrogen (secondary N) is 1. The Labute approximate surface area is 179 Å². The lowest BCUT2D eigenvalue weighted by atomic mass is 10.1. The number of benzene rings is 3. The van der Waals surface area contributed by atoms with Gasteiger partial charge >= 0.3 is 0 Å². The van der Waals surface area contributed by atoms with E-state index < -0.39 is 5.60 Å². The van der Waals surface area contributed by atoms with Crippen molar-refractivity contribution in [1.29, 1.82) is 0 Å². The number of fused-ring (bicyclic) bond motifs is 1. The Kier molecular flexibility index (Phi) is 5.46. The topological polar surface area (TPSA) is 64.4 Å². The predicted octanol–water partition coefficient (Wildman–Crippen LogP) is 5.62. The highest BCUT2D eigenvalue weighted by Gasteiger charge is 2.30. The second-order valence-electron chi connectivity index (χ2n) is 7.49. The van der Waals surface area contributed by atoms with Gasteiger partial charge in [-0.1, -0.05) is 53.2 Å². The maximum Gasteiger partial charge on any atom is 0.263 e. The van der Waals surface area contributed by atoms with E-state index >= 15 is 0 Å². The van der Waals surface area contributed by atoms with Crippen LogP contribution in [0.25, 0.3) is 22.1 Å². The molecule has 0 aliphatic carbocycles. The molecule has 0 fully saturated rings. The molecule has 0 radical (unpaired) electrons. The highest BCUT2D eigenvalue weighted by atomic mass is 35.5. The Morgan fingerprint density at radius 3 is 2.53 bits per heavy atom. The fourth-order valence-corrected chi connectivity index (χ4v) is 3.23. The van der Waals surface area contributed by atoms with Gasteiger partial charge in [-0.05, 0) is 55.0 Å². The van der Waals surface area contributed by atoms with E-state index in [4.69, 9.17) is 20.9 Å². The first-order valence-electron chi connectivity index (χ1n) is 9.58. The third-order valence-electron chi connectivity index (χ3n) is 4.76. The van der Waals surface area contributed by atoms with Gasteiger partial charge in [0.25, 0.3) is 5.91 Å². The molecule has 0 aliphatic rings. The van der Waals surface area contributed by atoms with Crippen LogP contribution in [0.3, 0.4) is 0 Å². The predicted molar refractivity (Wildman–Crippen MR) is 117 cm³/mol. The number of ether oxygens (including phenoxy) is 1. The van der Waals surface area contributed by atoms with Crippen molar-refractivity contribution in [3.63, 3.8) is 0 Å². The molecule has 0 bridgehead atoms. The van der Waals surface area contributed by atoms with Crippen LogP contribution in [0.4, 0.5) is 0 Å². The molecule has 3 aromatic carbocycles. The number of nitrogens with zero attached hydrogens (tertiary/aromatic N) is 1. The molecule has 152 valence electrons. The summed E-state index contributed by atoms with van der Waals surface area (Å²) in [5, 5.41) is 9.83. The number of hydrogen-bond acceptors (Lipinski definition) is 4. The van der Waals surface area contributed by atoms with Gasteiger partial charge in [0.2, 0.25) is 0 Å². The normalized spacial score (nSPS) is 11.4. The summed E-state index contributed by atoms with van der Waals surface area (Å²) in [6.07, 6.45) is 0. The lowest BCUT2D eigenvalue weighted by Gasteiger charge is -2.25. The zero-order valence-corrected chi connectivity index (χ0v) is 17.4. The molecule has 1 heterocycles. The minimum Gasteiger partial charge on any atom is -0.478 e. The van der Waals surface area contributed by atoms with Gasteiger partial charge in [0, 0.05) is 16.7 Å². The molecule has 0 aliphatic heterocycles. The van der Waals surface area contributed by atoms with Crippen LogP contribution in [0.5, 0.6) is 5.75 Å². The van der Waals surface area contributed by atoms with Crippen LogP contribution in [0, 0.1) is 0 Å². The Hall–Kier alpha value is -3.31. The van der Waals surface area contributed by atoms with E-state index in [0.717, 1.165) is 16.3 Å². The van der Waals surface area contributed by atoms with E-state index in [9.17, 15) is 4.79 Å². The highest BCUT2D eigenvalue weighted by Crippen LogP contribution is 2.25. The summed E-state index contributed by atoms with van der Waals surface area (Å²) in [6, 6.07) is 22.9. The van der Waals surface area contributed by atoms with Crippen LogP contribution in [0.1, 0.15) is 19.5 Å². The fraction of sp³-hybridized carbons (Fsp3) is 0.167. The zero-order valence-electron chi connectivity index (χ0n) is 16.7. The van der Waals surface area contributed by atoms with Gasteiger partial charge in [-0.25, -0.2) is 0 Å². The Morgan fingerprint density at radius 1 is 1.03 bits per heavy atom. The summed E-state index contributed by atoms with van der Waals surface area (Å²) in [5.41, 5.74) is 0.512. The third kappa shape index (κ3) is 4.47. The van der Waals surface area contributed by atoms with Crippen molar-refractivity contribution in [3.8, 4) is 17.1 Å². The molecule has 1 N–H and O–H groups in total. The first-order chi connectivity index (χ1) is 14.4. The molecule has 6 heteroatoms.